The van der Waals surface area contributed by atoms with E-state index >= 15 is 0 Å². The molecule has 0 bridgehead atoms. The molecule has 0 fully saturated rings. The minimum atomic E-state index is -0.443. The predicted octanol–water partition coefficient (Wildman–Crippen LogP) is 2.65. The molecule has 2 aromatic carbocycles. The van der Waals surface area contributed by atoms with Crippen LogP contribution in [0.3, 0.4) is 0 Å². The van der Waals surface area contributed by atoms with Gasteiger partial charge in [-0.25, -0.2) is 5.01 Å². The minimum Gasteiger partial charge on any atom is -0.276 e. The molecule has 1 N–H and O–H groups in total. The van der Waals surface area contributed by atoms with E-state index in [1.807, 2.05) is 6.07 Å². The molecule has 4 nitrogen and oxygen atoms in total. The van der Waals surface area contributed by atoms with Gasteiger partial charge >= 0.3 is 0 Å². The highest BCUT2D eigenvalue weighted by Gasteiger charge is 2.13. The molecule has 96 valence electrons. The summed E-state index contributed by atoms with van der Waals surface area (Å²) in [4.78, 5) is 23.0. The lowest BCUT2D eigenvalue weighted by Gasteiger charge is -2.18. The van der Waals surface area contributed by atoms with Crippen molar-refractivity contribution < 1.29 is 9.59 Å². The van der Waals surface area contributed by atoms with Crippen LogP contribution in [0.4, 0.5) is 5.69 Å². The van der Waals surface area contributed by atoms with Crippen LogP contribution in [0.2, 0.25) is 5.02 Å². The van der Waals surface area contributed by atoms with Crippen LogP contribution < -0.4 is 10.4 Å². The summed E-state index contributed by atoms with van der Waals surface area (Å²) in [5, 5.41) is 1.44. The van der Waals surface area contributed by atoms with E-state index in [1.165, 1.54) is 0 Å². The lowest BCUT2D eigenvalue weighted by atomic mass is 10.2. The normalized spacial score (nSPS) is 9.74. The molecule has 0 saturated carbocycles. The van der Waals surface area contributed by atoms with Gasteiger partial charge in [-0.1, -0.05) is 41.9 Å². The van der Waals surface area contributed by atoms with Crippen molar-refractivity contribution >= 4 is 29.6 Å². The molecule has 2 amide bonds. The minimum absolute atomic E-state index is 0.312. The number of nitrogens with one attached hydrogen (secondary N) is 1. The van der Waals surface area contributed by atoms with E-state index in [0.717, 1.165) is 5.01 Å². The molecule has 0 unspecified atom stereocenters. The standard InChI is InChI=1S/C14H11ClN2O2/c15-13-9-5-4-8-12(13)14(19)16-17(10-18)11-6-2-1-3-7-11/h1-10H,(H,16,19). The fraction of sp³-hybridized carbons (Fsp3) is 0. The quantitative estimate of drug-likeness (QED) is 0.688. The number of hydrazine groups is 1. The number of carbonyl (C=O) groups is 2. The number of para-hydroxylation sites is 1. The van der Waals surface area contributed by atoms with Crippen LogP contribution in [-0.2, 0) is 4.79 Å². The van der Waals surface area contributed by atoms with E-state index in [2.05, 4.69) is 5.43 Å². The molecular weight excluding hydrogens is 264 g/mol. The zero-order valence-corrected chi connectivity index (χ0v) is 10.7. The maximum absolute atomic E-state index is 12.0. The molecule has 0 aliphatic rings. The molecule has 0 aliphatic carbocycles. The van der Waals surface area contributed by atoms with Gasteiger partial charge < -0.3 is 0 Å². The molecule has 2 aromatic rings. The van der Waals surface area contributed by atoms with Crippen molar-refractivity contribution in [3.8, 4) is 0 Å². The van der Waals surface area contributed by atoms with Crippen LogP contribution in [0.25, 0.3) is 0 Å². The van der Waals surface area contributed by atoms with E-state index in [-0.39, 0.29) is 0 Å². The Morgan fingerprint density at radius 2 is 1.68 bits per heavy atom. The topological polar surface area (TPSA) is 49.4 Å². The molecule has 0 spiro atoms. The van der Waals surface area contributed by atoms with Crippen LogP contribution in [0.1, 0.15) is 10.4 Å². The van der Waals surface area contributed by atoms with Crippen molar-refractivity contribution in [2.24, 2.45) is 0 Å². The summed E-state index contributed by atoms with van der Waals surface area (Å²) in [6.45, 7) is 0. The van der Waals surface area contributed by atoms with Crippen molar-refractivity contribution in [1.82, 2.24) is 5.43 Å². The van der Waals surface area contributed by atoms with Crippen molar-refractivity contribution in [3.05, 3.63) is 65.2 Å². The van der Waals surface area contributed by atoms with Gasteiger partial charge in [-0.05, 0) is 24.3 Å². The molecule has 5 heteroatoms. The summed E-state index contributed by atoms with van der Waals surface area (Å²) >= 11 is 5.92. The average molecular weight is 275 g/mol. The third-order valence-electron chi connectivity index (χ3n) is 2.48. The lowest BCUT2D eigenvalue weighted by molar-refractivity contribution is -0.107. The van der Waals surface area contributed by atoms with Gasteiger partial charge in [0.2, 0.25) is 6.41 Å². The lowest BCUT2D eigenvalue weighted by Crippen LogP contribution is -2.41. The fourth-order valence-electron chi connectivity index (χ4n) is 1.56. The Hall–Kier alpha value is -2.33. The zero-order valence-electron chi connectivity index (χ0n) is 9.92. The first kappa shape index (κ1) is 13.1. The summed E-state index contributed by atoms with van der Waals surface area (Å²) in [6, 6.07) is 15.4. The van der Waals surface area contributed by atoms with Crippen LogP contribution in [0, 0.1) is 0 Å². The largest absolute Gasteiger partial charge is 0.276 e. The maximum Gasteiger partial charge on any atom is 0.271 e. The highest BCUT2D eigenvalue weighted by molar-refractivity contribution is 6.33. The Morgan fingerprint density at radius 1 is 1.05 bits per heavy atom. The van der Waals surface area contributed by atoms with Gasteiger partial charge in [-0.15, -0.1) is 0 Å². The van der Waals surface area contributed by atoms with Crippen molar-refractivity contribution in [2.45, 2.75) is 0 Å². The van der Waals surface area contributed by atoms with Gasteiger partial charge in [-0.2, -0.15) is 0 Å². The van der Waals surface area contributed by atoms with E-state index in [4.69, 9.17) is 11.6 Å². The van der Waals surface area contributed by atoms with Gasteiger partial charge in [0.25, 0.3) is 5.91 Å². The monoisotopic (exact) mass is 274 g/mol. The molecule has 0 radical (unpaired) electrons. The number of rotatable bonds is 4. The van der Waals surface area contributed by atoms with Crippen LogP contribution in [0.5, 0.6) is 0 Å². The third-order valence-corrected chi connectivity index (χ3v) is 2.81. The second-order valence-electron chi connectivity index (χ2n) is 3.73. The molecule has 0 saturated heterocycles. The number of carbonyl (C=O) groups excluding carboxylic acids is 2. The summed E-state index contributed by atoms with van der Waals surface area (Å²) in [5.74, 6) is -0.443. The van der Waals surface area contributed by atoms with Crippen LogP contribution >= 0.6 is 11.6 Å². The first-order chi connectivity index (χ1) is 9.22. The van der Waals surface area contributed by atoms with Crippen molar-refractivity contribution in [3.63, 3.8) is 0 Å². The molecule has 2 rings (SSSR count). The number of hydrogen-bond donors (Lipinski definition) is 1. The van der Waals surface area contributed by atoms with Crippen molar-refractivity contribution in [1.29, 1.82) is 0 Å². The number of anilines is 1. The molecule has 0 atom stereocenters. The Kier molecular flexibility index (Phi) is 4.15. The highest BCUT2D eigenvalue weighted by atomic mass is 35.5. The Bertz CT molecular complexity index is 587. The van der Waals surface area contributed by atoms with Gasteiger partial charge in [0.15, 0.2) is 0 Å². The van der Waals surface area contributed by atoms with Gasteiger partial charge in [-0.3, -0.25) is 15.0 Å². The van der Waals surface area contributed by atoms with Gasteiger partial charge in [0.1, 0.15) is 0 Å². The second kappa shape index (κ2) is 6.02. The van der Waals surface area contributed by atoms with Crippen LogP contribution in [-0.4, -0.2) is 12.3 Å². The van der Waals surface area contributed by atoms with E-state index in [1.54, 1.807) is 48.5 Å². The van der Waals surface area contributed by atoms with E-state index < -0.39 is 5.91 Å². The van der Waals surface area contributed by atoms with Gasteiger partial charge in [0.05, 0.1) is 16.3 Å². The summed E-state index contributed by atoms with van der Waals surface area (Å²) in [5.41, 5.74) is 3.36. The molecule has 0 aromatic heterocycles. The second-order valence-corrected chi connectivity index (χ2v) is 4.14. The maximum atomic E-state index is 12.0. The Labute approximate surface area is 115 Å². The van der Waals surface area contributed by atoms with E-state index in [0.29, 0.717) is 22.7 Å². The first-order valence-corrected chi connectivity index (χ1v) is 5.95. The number of hydrogen-bond acceptors (Lipinski definition) is 2. The van der Waals surface area contributed by atoms with Crippen LogP contribution in [0.15, 0.2) is 54.6 Å². The molecule has 0 heterocycles. The van der Waals surface area contributed by atoms with Crippen molar-refractivity contribution in [2.75, 3.05) is 5.01 Å². The number of benzene rings is 2. The Morgan fingerprint density at radius 3 is 2.32 bits per heavy atom. The zero-order chi connectivity index (χ0) is 13.7. The molecule has 19 heavy (non-hydrogen) atoms. The summed E-state index contributed by atoms with van der Waals surface area (Å²) in [7, 11) is 0. The van der Waals surface area contributed by atoms with E-state index in [9.17, 15) is 9.59 Å². The predicted molar refractivity (Wildman–Crippen MR) is 73.9 cm³/mol. The summed E-state index contributed by atoms with van der Waals surface area (Å²) in [6.07, 6.45) is 0.532. The summed E-state index contributed by atoms with van der Waals surface area (Å²) < 4.78 is 0. The average Bonchev–Trinajstić information content (AvgIpc) is 2.46. The third kappa shape index (κ3) is 3.11. The Balaban J connectivity index is 2.18. The number of nitrogens with zero attached hydrogens (tertiary/aromatic N) is 1. The van der Waals surface area contributed by atoms with Gasteiger partial charge in [0, 0.05) is 0 Å². The molecule has 0 aliphatic heterocycles. The fourth-order valence-corrected chi connectivity index (χ4v) is 1.78. The number of amides is 2. The molecular formula is C14H11ClN2O2. The SMILES string of the molecule is O=CN(NC(=O)c1ccccc1Cl)c1ccccc1. The highest BCUT2D eigenvalue weighted by Crippen LogP contribution is 2.15. The smallest absolute Gasteiger partial charge is 0.271 e. The first-order valence-electron chi connectivity index (χ1n) is 5.57. The number of halogens is 1.